The first-order chi connectivity index (χ1) is 17.1. The van der Waals surface area contributed by atoms with Gasteiger partial charge in [-0.05, 0) is 36.6 Å². The molecule has 0 saturated carbocycles. The summed E-state index contributed by atoms with van der Waals surface area (Å²) in [6.07, 6.45) is 2.79. The molecule has 3 rings (SSSR count). The minimum absolute atomic E-state index is 0.0620. The smallest absolute Gasteiger partial charge is 0.253 e. The lowest BCUT2D eigenvalue weighted by Gasteiger charge is -2.33. The van der Waals surface area contributed by atoms with Gasteiger partial charge in [0.05, 0.1) is 46.1 Å². The topological polar surface area (TPSA) is 135 Å². The number of hydrogen-bond donors (Lipinski definition) is 3. The summed E-state index contributed by atoms with van der Waals surface area (Å²) in [5, 5.41) is 8.27. The molecule has 2 aliphatic heterocycles. The van der Waals surface area contributed by atoms with Gasteiger partial charge in [0.25, 0.3) is 5.91 Å². The Hall–Kier alpha value is -3.02. The molecule has 0 bridgehead atoms. The van der Waals surface area contributed by atoms with Crippen molar-refractivity contribution in [1.82, 2.24) is 15.5 Å². The molecule has 0 spiro atoms. The van der Waals surface area contributed by atoms with Crippen molar-refractivity contribution in [2.24, 2.45) is 0 Å². The van der Waals surface area contributed by atoms with E-state index in [0.717, 1.165) is 24.1 Å². The van der Waals surface area contributed by atoms with Crippen molar-refractivity contribution in [2.45, 2.75) is 31.7 Å². The Labute approximate surface area is 204 Å². The second-order valence-electron chi connectivity index (χ2n) is 8.41. The zero-order chi connectivity index (χ0) is 24.9. The highest BCUT2D eigenvalue weighted by Gasteiger charge is 2.27. The van der Waals surface area contributed by atoms with E-state index in [1.54, 1.807) is 23.1 Å². The van der Waals surface area contributed by atoms with Gasteiger partial charge in [0, 0.05) is 43.3 Å². The first-order valence-electron chi connectivity index (χ1n) is 12.0. The van der Waals surface area contributed by atoms with Crippen LogP contribution in [0.3, 0.4) is 0 Å². The summed E-state index contributed by atoms with van der Waals surface area (Å²) in [6.45, 7) is 3.96. The molecule has 192 valence electrons. The molecule has 1 aromatic rings. The molecule has 0 aromatic heterocycles. The number of nitrogens with one attached hydrogen (secondary N) is 3. The molecule has 4 amide bonds. The number of piperidine rings is 1. The van der Waals surface area contributed by atoms with E-state index in [-0.39, 0.29) is 30.2 Å². The maximum atomic E-state index is 13.0. The van der Waals surface area contributed by atoms with Crippen molar-refractivity contribution in [2.75, 3.05) is 64.6 Å². The average molecular weight is 491 g/mol. The molecular formula is C24H34N4O7. The van der Waals surface area contributed by atoms with Crippen LogP contribution >= 0.6 is 0 Å². The summed E-state index contributed by atoms with van der Waals surface area (Å²) in [6, 6.07) is 5.18. The molecule has 0 radical (unpaired) electrons. The monoisotopic (exact) mass is 490 g/mol. The third kappa shape index (κ3) is 8.93. The van der Waals surface area contributed by atoms with E-state index in [1.165, 1.54) is 0 Å². The lowest BCUT2D eigenvalue weighted by molar-refractivity contribution is -0.123. The lowest BCUT2D eigenvalue weighted by Crippen LogP contribution is -2.49. The Morgan fingerprint density at radius 2 is 1.83 bits per heavy atom. The van der Waals surface area contributed by atoms with Crippen LogP contribution in [0.4, 0.5) is 5.69 Å². The summed E-state index contributed by atoms with van der Waals surface area (Å²) in [5.41, 5.74) is 2.16. The number of amides is 4. The van der Waals surface area contributed by atoms with E-state index in [2.05, 4.69) is 16.0 Å². The second kappa shape index (κ2) is 14.4. The van der Waals surface area contributed by atoms with Crippen LogP contribution in [0.15, 0.2) is 18.2 Å². The Balaban J connectivity index is 1.26. The standard InChI is InChI=1S/C24H34N4O7/c29-17-25-6-9-34-11-13-35-12-10-33-8-5-22(30)26-20-2-1-7-28(16-20)24(32)18-3-4-21-19(14-18)15-23(31)27-21/h3-4,14,17,20H,1-2,5-13,15-16H2,(H,25,29)(H,26,30)(H,27,31). The van der Waals surface area contributed by atoms with Crippen LogP contribution in [-0.4, -0.2) is 94.3 Å². The maximum absolute atomic E-state index is 13.0. The number of likely N-dealkylation sites (tertiary alicyclic amines) is 1. The normalized spacial score (nSPS) is 17.0. The molecule has 0 aliphatic carbocycles. The fraction of sp³-hybridized carbons (Fsp3) is 0.583. The lowest BCUT2D eigenvalue weighted by atomic mass is 10.0. The number of rotatable bonds is 15. The molecule has 1 saturated heterocycles. The number of benzene rings is 1. The van der Waals surface area contributed by atoms with Crippen molar-refractivity contribution >= 4 is 29.8 Å². The van der Waals surface area contributed by atoms with Gasteiger partial charge in [0.2, 0.25) is 18.2 Å². The maximum Gasteiger partial charge on any atom is 0.253 e. The van der Waals surface area contributed by atoms with Gasteiger partial charge < -0.3 is 35.1 Å². The fourth-order valence-corrected chi connectivity index (χ4v) is 4.02. The highest BCUT2D eigenvalue weighted by atomic mass is 16.5. The van der Waals surface area contributed by atoms with E-state index in [1.807, 2.05) is 0 Å². The zero-order valence-electron chi connectivity index (χ0n) is 19.9. The van der Waals surface area contributed by atoms with Crippen LogP contribution in [0.2, 0.25) is 0 Å². The van der Waals surface area contributed by atoms with Crippen molar-refractivity contribution in [3.05, 3.63) is 29.3 Å². The van der Waals surface area contributed by atoms with Gasteiger partial charge in [-0.25, -0.2) is 0 Å². The van der Waals surface area contributed by atoms with Crippen molar-refractivity contribution < 1.29 is 33.4 Å². The van der Waals surface area contributed by atoms with E-state index in [0.29, 0.717) is 77.7 Å². The summed E-state index contributed by atoms with van der Waals surface area (Å²) in [4.78, 5) is 48.6. The van der Waals surface area contributed by atoms with Gasteiger partial charge >= 0.3 is 0 Å². The molecular weight excluding hydrogens is 456 g/mol. The van der Waals surface area contributed by atoms with Crippen LogP contribution < -0.4 is 16.0 Å². The van der Waals surface area contributed by atoms with Crippen molar-refractivity contribution in [3.63, 3.8) is 0 Å². The Morgan fingerprint density at radius 3 is 2.60 bits per heavy atom. The molecule has 1 atom stereocenters. The van der Waals surface area contributed by atoms with E-state index in [4.69, 9.17) is 14.2 Å². The fourth-order valence-electron chi connectivity index (χ4n) is 4.02. The largest absolute Gasteiger partial charge is 0.379 e. The van der Waals surface area contributed by atoms with Crippen LogP contribution in [0, 0.1) is 0 Å². The average Bonchev–Trinajstić information content (AvgIpc) is 3.23. The Kier molecular flexibility index (Phi) is 10.9. The summed E-state index contributed by atoms with van der Waals surface area (Å²) >= 11 is 0. The molecule has 1 fully saturated rings. The number of carbonyl (C=O) groups is 4. The van der Waals surface area contributed by atoms with E-state index < -0.39 is 0 Å². The first kappa shape index (κ1) is 26.6. The predicted molar refractivity (Wildman–Crippen MR) is 127 cm³/mol. The SMILES string of the molecule is O=CNCCOCCOCCOCCC(=O)NC1CCCN(C(=O)c2ccc3c(c2)CC(=O)N3)C1. The molecule has 2 aliphatic rings. The number of anilines is 1. The minimum Gasteiger partial charge on any atom is -0.379 e. The quantitative estimate of drug-likeness (QED) is 0.234. The molecule has 35 heavy (non-hydrogen) atoms. The van der Waals surface area contributed by atoms with Crippen LogP contribution in [-0.2, 0) is 35.0 Å². The molecule has 11 nitrogen and oxygen atoms in total. The highest BCUT2D eigenvalue weighted by molar-refractivity contribution is 6.01. The first-order valence-corrected chi connectivity index (χ1v) is 12.0. The van der Waals surface area contributed by atoms with Gasteiger partial charge in [0.1, 0.15) is 0 Å². The molecule has 3 N–H and O–H groups in total. The third-order valence-electron chi connectivity index (χ3n) is 5.74. The number of nitrogens with zero attached hydrogens (tertiary/aromatic N) is 1. The van der Waals surface area contributed by atoms with Gasteiger partial charge in [-0.2, -0.15) is 0 Å². The van der Waals surface area contributed by atoms with Crippen LogP contribution in [0.5, 0.6) is 0 Å². The third-order valence-corrected chi connectivity index (χ3v) is 5.74. The van der Waals surface area contributed by atoms with Gasteiger partial charge in [-0.3, -0.25) is 19.2 Å². The van der Waals surface area contributed by atoms with Gasteiger partial charge in [-0.15, -0.1) is 0 Å². The zero-order valence-corrected chi connectivity index (χ0v) is 19.9. The minimum atomic E-state index is -0.107. The van der Waals surface area contributed by atoms with E-state index in [9.17, 15) is 19.2 Å². The second-order valence-corrected chi connectivity index (χ2v) is 8.41. The number of fused-ring (bicyclic) bond motifs is 1. The van der Waals surface area contributed by atoms with Crippen LogP contribution in [0.25, 0.3) is 0 Å². The van der Waals surface area contributed by atoms with Crippen LogP contribution in [0.1, 0.15) is 35.2 Å². The van der Waals surface area contributed by atoms with Crippen molar-refractivity contribution in [1.29, 1.82) is 0 Å². The van der Waals surface area contributed by atoms with Gasteiger partial charge in [-0.1, -0.05) is 0 Å². The number of ether oxygens (including phenoxy) is 3. The van der Waals surface area contributed by atoms with E-state index >= 15 is 0 Å². The summed E-state index contributed by atoms with van der Waals surface area (Å²) < 4.78 is 16.1. The summed E-state index contributed by atoms with van der Waals surface area (Å²) in [7, 11) is 0. The van der Waals surface area contributed by atoms with Gasteiger partial charge in [0.15, 0.2) is 0 Å². The molecule has 2 heterocycles. The predicted octanol–water partition coefficient (Wildman–Crippen LogP) is 0.0879. The Morgan fingerprint density at radius 1 is 1.09 bits per heavy atom. The number of carbonyl (C=O) groups excluding carboxylic acids is 4. The molecule has 1 aromatic carbocycles. The number of hydrogen-bond acceptors (Lipinski definition) is 7. The highest BCUT2D eigenvalue weighted by Crippen LogP contribution is 2.25. The Bertz CT molecular complexity index is 879. The van der Waals surface area contributed by atoms with Crippen molar-refractivity contribution in [3.8, 4) is 0 Å². The summed E-state index contributed by atoms with van der Waals surface area (Å²) in [5.74, 6) is -0.255. The molecule has 11 heteroatoms. The molecule has 1 unspecified atom stereocenters.